The lowest BCUT2D eigenvalue weighted by Crippen LogP contribution is -2.10. The molecule has 0 fully saturated rings. The van der Waals surface area contributed by atoms with Crippen molar-refractivity contribution in [3.05, 3.63) is 101 Å². The Morgan fingerprint density at radius 3 is 2.53 bits per heavy atom. The molecule has 0 aliphatic carbocycles. The first-order chi connectivity index (χ1) is 18.4. The molecule has 3 aromatic carbocycles. The molecule has 0 amide bonds. The van der Waals surface area contributed by atoms with Gasteiger partial charge in [0.2, 0.25) is 0 Å². The summed E-state index contributed by atoms with van der Waals surface area (Å²) in [6.07, 6.45) is 0.806. The summed E-state index contributed by atoms with van der Waals surface area (Å²) in [5.74, 6) is 6.20. The van der Waals surface area contributed by atoms with Gasteiger partial charge in [-0.3, -0.25) is 10.2 Å². The standard InChI is InChI=1S/C31H31N5O2/c1-3-38-30(37)18-16-27-21-29(24-9-5-4-6-10-24)36(35-27)28-17-11-23(20-22(28)2)8-7-19-34-26-14-12-25(13-15-26)31(32)33/h4-6,9-15,17,20-21,34H,3,16,18-19H2,1-2H3,(H3,32,33). The lowest BCUT2D eigenvalue weighted by Gasteiger charge is -2.11. The number of carbonyl (C=O) groups is 1. The SMILES string of the molecule is CCOC(=O)CCc1cc(-c2ccccc2)n(-c2ccc(C#CCNc3ccc(C(=N)N)cc3)cc2C)n1. The number of aromatic nitrogens is 2. The van der Waals surface area contributed by atoms with E-state index in [4.69, 9.17) is 21.0 Å². The molecule has 0 aliphatic heterocycles. The Bertz CT molecular complexity index is 1480. The number of anilines is 1. The molecule has 38 heavy (non-hydrogen) atoms. The van der Waals surface area contributed by atoms with Gasteiger partial charge in [0.05, 0.1) is 36.6 Å². The van der Waals surface area contributed by atoms with Crippen LogP contribution in [0.25, 0.3) is 16.9 Å². The average molecular weight is 506 g/mol. The number of hydrogen-bond acceptors (Lipinski definition) is 5. The lowest BCUT2D eigenvalue weighted by atomic mass is 10.1. The van der Waals surface area contributed by atoms with Gasteiger partial charge in [-0.1, -0.05) is 42.2 Å². The Balaban J connectivity index is 1.51. The number of nitrogens with two attached hydrogens (primary N) is 1. The van der Waals surface area contributed by atoms with Crippen LogP contribution in [0.3, 0.4) is 0 Å². The summed E-state index contributed by atoms with van der Waals surface area (Å²) in [6.45, 7) is 4.72. The van der Waals surface area contributed by atoms with Crippen molar-refractivity contribution >= 4 is 17.5 Å². The lowest BCUT2D eigenvalue weighted by molar-refractivity contribution is -0.143. The maximum absolute atomic E-state index is 11.9. The van der Waals surface area contributed by atoms with Gasteiger partial charge in [-0.15, -0.1) is 0 Å². The minimum atomic E-state index is -0.218. The molecule has 0 aliphatic rings. The number of esters is 1. The van der Waals surface area contributed by atoms with E-state index in [-0.39, 0.29) is 11.8 Å². The maximum atomic E-state index is 11.9. The molecule has 0 bridgehead atoms. The van der Waals surface area contributed by atoms with Gasteiger partial charge < -0.3 is 15.8 Å². The molecule has 1 heterocycles. The van der Waals surface area contributed by atoms with Gasteiger partial charge in [0.15, 0.2) is 0 Å². The molecule has 0 saturated heterocycles. The molecular weight excluding hydrogens is 474 g/mol. The van der Waals surface area contributed by atoms with Crippen molar-refractivity contribution in [3.8, 4) is 28.8 Å². The third-order valence-electron chi connectivity index (χ3n) is 5.95. The van der Waals surface area contributed by atoms with Gasteiger partial charge in [0.25, 0.3) is 0 Å². The first kappa shape index (κ1) is 26.2. The summed E-state index contributed by atoms with van der Waals surface area (Å²) in [6, 6.07) is 25.6. The van der Waals surface area contributed by atoms with Crippen molar-refractivity contribution < 1.29 is 9.53 Å². The van der Waals surface area contributed by atoms with E-state index < -0.39 is 0 Å². The molecule has 7 heteroatoms. The van der Waals surface area contributed by atoms with Gasteiger partial charge in [0, 0.05) is 28.8 Å². The monoisotopic (exact) mass is 505 g/mol. The summed E-state index contributed by atoms with van der Waals surface area (Å²) in [5.41, 5.74) is 12.9. The Morgan fingerprint density at radius 1 is 1.08 bits per heavy atom. The average Bonchev–Trinajstić information content (AvgIpc) is 3.35. The number of ether oxygens (including phenoxy) is 1. The van der Waals surface area contributed by atoms with Crippen LogP contribution in [0, 0.1) is 24.2 Å². The van der Waals surface area contributed by atoms with E-state index >= 15 is 0 Å². The Morgan fingerprint density at radius 2 is 1.84 bits per heavy atom. The quantitative estimate of drug-likeness (QED) is 0.127. The molecule has 4 N–H and O–H groups in total. The summed E-state index contributed by atoms with van der Waals surface area (Å²) in [5, 5.41) is 15.6. The summed E-state index contributed by atoms with van der Waals surface area (Å²) in [7, 11) is 0. The molecule has 4 rings (SSSR count). The second-order valence-electron chi connectivity index (χ2n) is 8.75. The number of hydrogen-bond donors (Lipinski definition) is 3. The minimum Gasteiger partial charge on any atom is -0.466 e. The van der Waals surface area contributed by atoms with E-state index in [9.17, 15) is 4.79 Å². The first-order valence-corrected chi connectivity index (χ1v) is 12.5. The number of nitrogen functional groups attached to an aromatic ring is 1. The Labute approximate surface area is 223 Å². The van der Waals surface area contributed by atoms with Crippen LogP contribution in [-0.4, -0.2) is 34.7 Å². The van der Waals surface area contributed by atoms with E-state index in [0.717, 1.165) is 39.5 Å². The molecule has 7 nitrogen and oxygen atoms in total. The fourth-order valence-corrected chi connectivity index (χ4v) is 4.04. The maximum Gasteiger partial charge on any atom is 0.306 e. The van der Waals surface area contributed by atoms with Crippen molar-refractivity contribution in [2.45, 2.75) is 26.7 Å². The van der Waals surface area contributed by atoms with Crippen LogP contribution in [0.15, 0.2) is 78.9 Å². The second kappa shape index (κ2) is 12.4. The van der Waals surface area contributed by atoms with Gasteiger partial charge in [-0.05, 0) is 67.9 Å². The van der Waals surface area contributed by atoms with Crippen LogP contribution < -0.4 is 11.1 Å². The zero-order valence-corrected chi connectivity index (χ0v) is 21.6. The number of rotatable bonds is 9. The molecule has 192 valence electrons. The molecule has 0 saturated carbocycles. The van der Waals surface area contributed by atoms with Crippen molar-refractivity contribution in [1.82, 2.24) is 9.78 Å². The highest BCUT2D eigenvalue weighted by atomic mass is 16.5. The summed E-state index contributed by atoms with van der Waals surface area (Å²) < 4.78 is 7.02. The van der Waals surface area contributed by atoms with Crippen LogP contribution in [0.4, 0.5) is 5.69 Å². The van der Waals surface area contributed by atoms with Gasteiger partial charge in [-0.25, -0.2) is 4.68 Å². The highest BCUT2D eigenvalue weighted by molar-refractivity contribution is 5.95. The molecule has 1 aromatic heterocycles. The van der Waals surface area contributed by atoms with E-state index in [1.165, 1.54) is 0 Å². The number of benzene rings is 3. The largest absolute Gasteiger partial charge is 0.466 e. The Hall–Kier alpha value is -4.83. The third-order valence-corrected chi connectivity index (χ3v) is 5.95. The van der Waals surface area contributed by atoms with Crippen molar-refractivity contribution in [1.29, 1.82) is 5.41 Å². The molecule has 0 atom stereocenters. The van der Waals surface area contributed by atoms with Crippen LogP contribution in [-0.2, 0) is 16.0 Å². The first-order valence-electron chi connectivity index (χ1n) is 12.5. The van der Waals surface area contributed by atoms with E-state index in [1.54, 1.807) is 12.1 Å². The van der Waals surface area contributed by atoms with Crippen LogP contribution in [0.2, 0.25) is 0 Å². The van der Waals surface area contributed by atoms with Gasteiger partial charge in [0.1, 0.15) is 5.84 Å². The number of nitrogens with zero attached hydrogens (tertiary/aromatic N) is 2. The topological polar surface area (TPSA) is 106 Å². The van der Waals surface area contributed by atoms with Crippen LogP contribution in [0.5, 0.6) is 0 Å². The number of nitrogens with one attached hydrogen (secondary N) is 2. The summed E-state index contributed by atoms with van der Waals surface area (Å²) >= 11 is 0. The second-order valence-corrected chi connectivity index (χ2v) is 8.75. The minimum absolute atomic E-state index is 0.0501. The molecule has 0 unspecified atom stereocenters. The number of carbonyl (C=O) groups excluding carboxylic acids is 1. The summed E-state index contributed by atoms with van der Waals surface area (Å²) in [4.78, 5) is 11.9. The zero-order chi connectivity index (χ0) is 26.9. The highest BCUT2D eigenvalue weighted by Gasteiger charge is 2.15. The smallest absolute Gasteiger partial charge is 0.306 e. The Kier molecular flexibility index (Phi) is 8.57. The van der Waals surface area contributed by atoms with Crippen molar-refractivity contribution in [2.24, 2.45) is 5.73 Å². The molecular formula is C31H31N5O2. The van der Waals surface area contributed by atoms with E-state index in [2.05, 4.69) is 35.4 Å². The van der Waals surface area contributed by atoms with Gasteiger partial charge in [-0.2, -0.15) is 5.10 Å². The predicted molar refractivity (Wildman–Crippen MR) is 152 cm³/mol. The predicted octanol–water partition coefficient (Wildman–Crippen LogP) is 5.09. The molecule has 4 aromatic rings. The van der Waals surface area contributed by atoms with E-state index in [1.807, 2.05) is 67.1 Å². The zero-order valence-electron chi connectivity index (χ0n) is 21.6. The fourth-order valence-electron chi connectivity index (χ4n) is 4.04. The highest BCUT2D eigenvalue weighted by Crippen LogP contribution is 2.26. The fraction of sp³-hybridized carbons (Fsp3) is 0.194. The van der Waals surface area contributed by atoms with Gasteiger partial charge >= 0.3 is 5.97 Å². The molecule has 0 radical (unpaired) electrons. The third kappa shape index (κ3) is 6.68. The number of amidine groups is 1. The van der Waals surface area contributed by atoms with Crippen LogP contribution >= 0.6 is 0 Å². The normalized spacial score (nSPS) is 10.4. The van der Waals surface area contributed by atoms with Crippen molar-refractivity contribution in [3.63, 3.8) is 0 Å². The van der Waals surface area contributed by atoms with Crippen molar-refractivity contribution in [2.75, 3.05) is 18.5 Å². The number of aryl methyl sites for hydroxylation is 2. The molecule has 0 spiro atoms. The van der Waals surface area contributed by atoms with Crippen LogP contribution in [0.1, 0.15) is 35.7 Å². The van der Waals surface area contributed by atoms with E-state index in [0.29, 0.717) is 31.6 Å².